The van der Waals surface area contributed by atoms with E-state index in [1.165, 1.54) is 12.1 Å². The molecule has 2 heterocycles. The van der Waals surface area contributed by atoms with E-state index < -0.39 is 10.1 Å². The molecule has 0 unspecified atom stereocenters. The first-order valence-electron chi connectivity index (χ1n) is 11.1. The van der Waals surface area contributed by atoms with E-state index in [-0.39, 0.29) is 11.0 Å². The predicted molar refractivity (Wildman–Crippen MR) is 122 cm³/mol. The highest BCUT2D eigenvalue weighted by molar-refractivity contribution is 7.85. The summed E-state index contributed by atoms with van der Waals surface area (Å²) in [5, 5.41) is 18.7. The van der Waals surface area contributed by atoms with Gasteiger partial charge in [-0.2, -0.15) is 18.5 Å². The number of aliphatic hydroxyl groups excluding tert-OH is 1. The van der Waals surface area contributed by atoms with Crippen LogP contribution in [0.25, 0.3) is 22.3 Å². The fourth-order valence-corrected chi connectivity index (χ4v) is 4.60. The average molecular weight is 460 g/mol. The molecule has 3 N–H and O–H groups in total. The molecule has 0 amide bonds. The maximum Gasteiger partial charge on any atom is 0.294 e. The zero-order valence-corrected chi connectivity index (χ0v) is 18.9. The summed E-state index contributed by atoms with van der Waals surface area (Å²) in [4.78, 5) is 9.01. The Morgan fingerprint density at radius 1 is 1.16 bits per heavy atom. The molecule has 10 heteroatoms. The monoisotopic (exact) mass is 459 g/mol. The lowest BCUT2D eigenvalue weighted by atomic mass is 9.87. The summed E-state index contributed by atoms with van der Waals surface area (Å²) in [5.74, 6) is 0.960. The van der Waals surface area contributed by atoms with Gasteiger partial charge >= 0.3 is 0 Å². The molecule has 0 atom stereocenters. The lowest BCUT2D eigenvalue weighted by Crippen LogP contribution is -2.22. The van der Waals surface area contributed by atoms with E-state index in [4.69, 9.17) is 10.1 Å². The van der Waals surface area contributed by atoms with Crippen LogP contribution in [0.1, 0.15) is 45.4 Å². The first-order chi connectivity index (χ1) is 15.3. The van der Waals surface area contributed by atoms with Crippen molar-refractivity contribution in [3.8, 4) is 11.3 Å². The molecule has 1 fully saturated rings. The zero-order chi connectivity index (χ0) is 22.7. The molecule has 3 aromatic rings. The normalized spacial score (nSPS) is 19.3. The number of unbranched alkanes of at least 4 members (excludes halogenated alkanes) is 1. The minimum absolute atomic E-state index is 0.163. The predicted octanol–water partition coefficient (Wildman–Crippen LogP) is 3.50. The highest BCUT2D eigenvalue weighted by Gasteiger charge is 2.23. The first kappa shape index (κ1) is 22.6. The maximum absolute atomic E-state index is 11.4. The smallest absolute Gasteiger partial charge is 0.294 e. The molecule has 0 aliphatic heterocycles. The third-order valence-electron chi connectivity index (χ3n) is 5.98. The molecular weight excluding hydrogens is 430 g/mol. The standard InChI is InChI=1S/C22H29N5O4S/c1-2-3-12-23-22-24-13-19-20(16-6-10-18(11-7-16)32(29,30)31)26-27(21(19)25-22)14-15-4-8-17(28)9-5-15/h6-7,10-11,13,15,17,28H,2-5,8-9,12,14H2,1H3,(H,23,24,25)(H,29,30,31). The number of anilines is 1. The van der Waals surface area contributed by atoms with Gasteiger partial charge in [-0.15, -0.1) is 0 Å². The highest BCUT2D eigenvalue weighted by Crippen LogP contribution is 2.31. The van der Waals surface area contributed by atoms with Crippen molar-refractivity contribution in [2.24, 2.45) is 5.92 Å². The molecular formula is C22H29N5O4S. The van der Waals surface area contributed by atoms with Crippen LogP contribution < -0.4 is 5.32 Å². The number of nitrogens with zero attached hydrogens (tertiary/aromatic N) is 4. The van der Waals surface area contributed by atoms with Gasteiger partial charge in [0.2, 0.25) is 5.95 Å². The van der Waals surface area contributed by atoms with E-state index in [0.29, 0.717) is 24.1 Å². The summed E-state index contributed by atoms with van der Waals surface area (Å²) < 4.78 is 33.9. The number of aromatic nitrogens is 4. The van der Waals surface area contributed by atoms with Crippen molar-refractivity contribution in [2.45, 2.75) is 63.0 Å². The van der Waals surface area contributed by atoms with E-state index in [1.807, 2.05) is 4.68 Å². The van der Waals surface area contributed by atoms with Gasteiger partial charge in [0.1, 0.15) is 5.69 Å². The molecule has 0 spiro atoms. The lowest BCUT2D eigenvalue weighted by molar-refractivity contribution is 0.103. The Labute approximate surface area is 187 Å². The van der Waals surface area contributed by atoms with Crippen LogP contribution in [0, 0.1) is 5.92 Å². The minimum Gasteiger partial charge on any atom is -0.393 e. The van der Waals surface area contributed by atoms with Crippen LogP contribution in [-0.4, -0.2) is 50.5 Å². The number of rotatable bonds is 8. The minimum atomic E-state index is -4.26. The van der Waals surface area contributed by atoms with Crippen LogP contribution in [-0.2, 0) is 16.7 Å². The van der Waals surface area contributed by atoms with Crippen LogP contribution in [0.5, 0.6) is 0 Å². The van der Waals surface area contributed by atoms with Crippen molar-refractivity contribution in [2.75, 3.05) is 11.9 Å². The quantitative estimate of drug-likeness (QED) is 0.345. The molecule has 1 aromatic carbocycles. The molecule has 1 aliphatic rings. The molecule has 2 aromatic heterocycles. The highest BCUT2D eigenvalue weighted by atomic mass is 32.2. The largest absolute Gasteiger partial charge is 0.393 e. The number of benzene rings is 1. The van der Waals surface area contributed by atoms with Crippen LogP contribution in [0.2, 0.25) is 0 Å². The topological polar surface area (TPSA) is 130 Å². The Kier molecular flexibility index (Phi) is 6.73. The molecule has 9 nitrogen and oxygen atoms in total. The van der Waals surface area contributed by atoms with Gasteiger partial charge in [-0.05, 0) is 50.2 Å². The maximum atomic E-state index is 11.4. The van der Waals surface area contributed by atoms with Crippen molar-refractivity contribution >= 4 is 27.1 Å². The Hall–Kier alpha value is -2.56. The number of nitrogens with one attached hydrogen (secondary N) is 1. The molecule has 1 saturated carbocycles. The van der Waals surface area contributed by atoms with Gasteiger partial charge in [0.15, 0.2) is 5.65 Å². The van der Waals surface area contributed by atoms with E-state index in [9.17, 15) is 18.1 Å². The molecule has 1 aliphatic carbocycles. The summed E-state index contributed by atoms with van der Waals surface area (Å²) >= 11 is 0. The van der Waals surface area contributed by atoms with Crippen molar-refractivity contribution in [1.82, 2.24) is 19.7 Å². The van der Waals surface area contributed by atoms with Gasteiger partial charge in [-0.25, -0.2) is 9.67 Å². The lowest BCUT2D eigenvalue weighted by Gasteiger charge is -2.25. The number of aliphatic hydroxyl groups is 1. The summed E-state index contributed by atoms with van der Waals surface area (Å²) in [5.41, 5.74) is 2.10. The third kappa shape index (κ3) is 5.08. The molecule has 4 rings (SSSR count). The van der Waals surface area contributed by atoms with E-state index in [2.05, 4.69) is 17.2 Å². The van der Waals surface area contributed by atoms with Gasteiger partial charge in [0, 0.05) is 24.8 Å². The zero-order valence-electron chi connectivity index (χ0n) is 18.1. The second kappa shape index (κ2) is 9.51. The van der Waals surface area contributed by atoms with Gasteiger partial charge in [-0.3, -0.25) is 4.55 Å². The van der Waals surface area contributed by atoms with Crippen molar-refractivity contribution in [3.63, 3.8) is 0 Å². The van der Waals surface area contributed by atoms with E-state index in [1.54, 1.807) is 18.3 Å². The van der Waals surface area contributed by atoms with Gasteiger partial charge in [-0.1, -0.05) is 25.5 Å². The van der Waals surface area contributed by atoms with Gasteiger partial charge in [0.25, 0.3) is 10.1 Å². The molecule has 172 valence electrons. The molecule has 0 saturated heterocycles. The fraction of sp³-hybridized carbons (Fsp3) is 0.500. The summed E-state index contributed by atoms with van der Waals surface area (Å²) in [6.45, 7) is 3.61. The van der Waals surface area contributed by atoms with Crippen LogP contribution in [0.3, 0.4) is 0 Å². The number of fused-ring (bicyclic) bond motifs is 1. The summed E-state index contributed by atoms with van der Waals surface area (Å²) in [6.07, 6.45) is 7.10. The molecule has 0 radical (unpaired) electrons. The molecule has 0 bridgehead atoms. The average Bonchev–Trinajstić information content (AvgIpc) is 3.13. The second-order valence-electron chi connectivity index (χ2n) is 8.42. The first-order valence-corrected chi connectivity index (χ1v) is 12.5. The second-order valence-corrected chi connectivity index (χ2v) is 9.84. The number of hydrogen-bond donors (Lipinski definition) is 3. The Bertz CT molecular complexity index is 1170. The van der Waals surface area contributed by atoms with Crippen LogP contribution in [0.4, 0.5) is 5.95 Å². The third-order valence-corrected chi connectivity index (χ3v) is 6.84. The Balaban J connectivity index is 1.70. The fourth-order valence-electron chi connectivity index (χ4n) is 4.12. The van der Waals surface area contributed by atoms with E-state index in [0.717, 1.165) is 61.7 Å². The summed E-state index contributed by atoms with van der Waals surface area (Å²) in [7, 11) is -4.26. The van der Waals surface area contributed by atoms with Crippen LogP contribution >= 0.6 is 0 Å². The Morgan fingerprint density at radius 2 is 1.88 bits per heavy atom. The van der Waals surface area contributed by atoms with Crippen molar-refractivity contribution in [3.05, 3.63) is 30.5 Å². The summed E-state index contributed by atoms with van der Waals surface area (Å²) in [6, 6.07) is 5.97. The van der Waals surface area contributed by atoms with Gasteiger partial charge < -0.3 is 10.4 Å². The van der Waals surface area contributed by atoms with Crippen LogP contribution in [0.15, 0.2) is 35.4 Å². The van der Waals surface area contributed by atoms with Crippen molar-refractivity contribution in [1.29, 1.82) is 0 Å². The SMILES string of the molecule is CCCCNc1ncc2c(-c3ccc(S(=O)(=O)O)cc3)nn(CC3CCC(O)CC3)c2n1. The van der Waals surface area contributed by atoms with E-state index >= 15 is 0 Å². The van der Waals surface area contributed by atoms with Gasteiger partial charge in [0.05, 0.1) is 16.4 Å². The van der Waals surface area contributed by atoms with Crippen molar-refractivity contribution < 1.29 is 18.1 Å². The Morgan fingerprint density at radius 3 is 2.53 bits per heavy atom. The number of hydrogen-bond acceptors (Lipinski definition) is 7. The molecule has 32 heavy (non-hydrogen) atoms.